The summed E-state index contributed by atoms with van der Waals surface area (Å²) < 4.78 is 28.1. The number of sulfonamides is 1. The monoisotopic (exact) mass is 271 g/mol. The zero-order valence-corrected chi connectivity index (χ0v) is 12.0. The number of nitrogens with zero attached hydrogens (tertiary/aromatic N) is 3. The standard InChI is InChI=1S/C12H21N3O2S/c1-10(2)15-9-12(7-13-15)18(16,17)14-6-4-5-11(3)8-14/h7,9-11H,4-6,8H2,1-3H3. The van der Waals surface area contributed by atoms with Crippen LogP contribution in [0.2, 0.25) is 0 Å². The van der Waals surface area contributed by atoms with Crippen LogP contribution in [0.4, 0.5) is 0 Å². The van der Waals surface area contributed by atoms with E-state index in [4.69, 9.17) is 0 Å². The van der Waals surface area contributed by atoms with Gasteiger partial charge in [-0.15, -0.1) is 0 Å². The molecule has 1 saturated heterocycles. The molecule has 102 valence electrons. The van der Waals surface area contributed by atoms with E-state index in [1.807, 2.05) is 13.8 Å². The lowest BCUT2D eigenvalue weighted by Gasteiger charge is -2.29. The molecule has 6 heteroatoms. The minimum absolute atomic E-state index is 0.175. The van der Waals surface area contributed by atoms with Gasteiger partial charge in [0, 0.05) is 25.3 Å². The van der Waals surface area contributed by atoms with E-state index in [0.717, 1.165) is 12.8 Å². The van der Waals surface area contributed by atoms with E-state index in [1.54, 1.807) is 15.2 Å². The molecule has 0 N–H and O–H groups in total. The summed E-state index contributed by atoms with van der Waals surface area (Å²) in [6.07, 6.45) is 5.13. The van der Waals surface area contributed by atoms with Gasteiger partial charge in [-0.3, -0.25) is 4.68 Å². The number of rotatable bonds is 3. The van der Waals surface area contributed by atoms with Gasteiger partial charge in [-0.25, -0.2) is 8.42 Å². The Kier molecular flexibility index (Phi) is 3.77. The molecule has 0 aromatic carbocycles. The number of hydrogen-bond acceptors (Lipinski definition) is 3. The number of hydrogen-bond donors (Lipinski definition) is 0. The molecule has 0 aliphatic carbocycles. The van der Waals surface area contributed by atoms with Crippen LogP contribution in [0.25, 0.3) is 0 Å². The zero-order chi connectivity index (χ0) is 13.3. The Morgan fingerprint density at radius 2 is 2.17 bits per heavy atom. The Bertz CT molecular complexity index is 507. The first kappa shape index (κ1) is 13.5. The zero-order valence-electron chi connectivity index (χ0n) is 11.2. The van der Waals surface area contributed by atoms with E-state index in [-0.39, 0.29) is 6.04 Å². The molecule has 5 nitrogen and oxygen atoms in total. The van der Waals surface area contributed by atoms with Crippen molar-refractivity contribution in [2.24, 2.45) is 5.92 Å². The average Bonchev–Trinajstić information content (AvgIpc) is 2.79. The van der Waals surface area contributed by atoms with E-state index in [1.165, 1.54) is 6.20 Å². The van der Waals surface area contributed by atoms with Crippen LogP contribution in [-0.4, -0.2) is 35.6 Å². The minimum Gasteiger partial charge on any atom is -0.269 e. The van der Waals surface area contributed by atoms with Crippen LogP contribution in [0.1, 0.15) is 39.7 Å². The normalized spacial score (nSPS) is 22.6. The molecule has 1 atom stereocenters. The smallest absolute Gasteiger partial charge is 0.246 e. The molecule has 1 aromatic heterocycles. The molecule has 1 unspecified atom stereocenters. The van der Waals surface area contributed by atoms with Gasteiger partial charge >= 0.3 is 0 Å². The highest BCUT2D eigenvalue weighted by atomic mass is 32.2. The quantitative estimate of drug-likeness (QED) is 0.843. The van der Waals surface area contributed by atoms with Crippen molar-refractivity contribution in [2.75, 3.05) is 13.1 Å². The highest BCUT2D eigenvalue weighted by molar-refractivity contribution is 7.89. The maximum absolute atomic E-state index is 12.4. The second kappa shape index (κ2) is 5.01. The first-order chi connectivity index (χ1) is 8.41. The van der Waals surface area contributed by atoms with Gasteiger partial charge < -0.3 is 0 Å². The fraction of sp³-hybridized carbons (Fsp3) is 0.750. The van der Waals surface area contributed by atoms with Gasteiger partial charge in [-0.2, -0.15) is 9.40 Å². The molecule has 1 aliphatic heterocycles. The molecule has 0 saturated carbocycles. The lowest BCUT2D eigenvalue weighted by atomic mass is 10.0. The third-order valence-electron chi connectivity index (χ3n) is 3.36. The molecule has 1 aliphatic rings. The third-order valence-corrected chi connectivity index (χ3v) is 5.18. The van der Waals surface area contributed by atoms with Gasteiger partial charge in [0.05, 0.1) is 6.20 Å². The van der Waals surface area contributed by atoms with Gasteiger partial charge in [0.1, 0.15) is 4.90 Å². The summed E-state index contributed by atoms with van der Waals surface area (Å²) in [6, 6.07) is 0.175. The molecule has 1 aromatic rings. The summed E-state index contributed by atoms with van der Waals surface area (Å²) in [5.74, 6) is 0.439. The van der Waals surface area contributed by atoms with Crippen LogP contribution in [0, 0.1) is 5.92 Å². The molecule has 0 radical (unpaired) electrons. The summed E-state index contributed by atoms with van der Waals surface area (Å²) >= 11 is 0. The van der Waals surface area contributed by atoms with Gasteiger partial charge in [0.15, 0.2) is 0 Å². The number of aromatic nitrogens is 2. The highest BCUT2D eigenvalue weighted by Gasteiger charge is 2.29. The van der Waals surface area contributed by atoms with Crippen molar-refractivity contribution >= 4 is 10.0 Å². The molecule has 2 rings (SSSR count). The van der Waals surface area contributed by atoms with Crippen molar-refractivity contribution in [1.29, 1.82) is 0 Å². The van der Waals surface area contributed by atoms with Gasteiger partial charge in [0.25, 0.3) is 0 Å². The lowest BCUT2D eigenvalue weighted by Crippen LogP contribution is -2.38. The van der Waals surface area contributed by atoms with Crippen molar-refractivity contribution in [2.45, 2.75) is 44.6 Å². The Morgan fingerprint density at radius 3 is 2.72 bits per heavy atom. The van der Waals surface area contributed by atoms with Crippen molar-refractivity contribution in [3.63, 3.8) is 0 Å². The molecule has 0 amide bonds. The van der Waals surface area contributed by atoms with E-state index >= 15 is 0 Å². The first-order valence-electron chi connectivity index (χ1n) is 6.45. The van der Waals surface area contributed by atoms with Crippen LogP contribution in [0.3, 0.4) is 0 Å². The summed E-state index contributed by atoms with van der Waals surface area (Å²) in [5, 5.41) is 4.11. The maximum Gasteiger partial charge on any atom is 0.246 e. The van der Waals surface area contributed by atoms with Crippen molar-refractivity contribution < 1.29 is 8.42 Å². The topological polar surface area (TPSA) is 55.2 Å². The van der Waals surface area contributed by atoms with Gasteiger partial charge in [0.2, 0.25) is 10.0 Å². The fourth-order valence-corrected chi connectivity index (χ4v) is 3.79. The maximum atomic E-state index is 12.4. The Hall–Kier alpha value is -0.880. The van der Waals surface area contributed by atoms with Gasteiger partial charge in [-0.1, -0.05) is 6.92 Å². The molecule has 2 heterocycles. The molecule has 18 heavy (non-hydrogen) atoms. The Labute approximate surface area is 109 Å². The van der Waals surface area contributed by atoms with Crippen molar-refractivity contribution in [3.8, 4) is 0 Å². The third kappa shape index (κ3) is 2.59. The van der Waals surface area contributed by atoms with Crippen LogP contribution >= 0.6 is 0 Å². The summed E-state index contributed by atoms with van der Waals surface area (Å²) in [7, 11) is -3.36. The predicted molar refractivity (Wildman–Crippen MR) is 69.8 cm³/mol. The number of piperidine rings is 1. The lowest BCUT2D eigenvalue weighted by molar-refractivity contribution is 0.281. The van der Waals surface area contributed by atoms with Gasteiger partial charge in [-0.05, 0) is 32.6 Å². The fourth-order valence-electron chi connectivity index (χ4n) is 2.25. The first-order valence-corrected chi connectivity index (χ1v) is 7.89. The summed E-state index contributed by atoms with van der Waals surface area (Å²) in [6.45, 7) is 7.30. The van der Waals surface area contributed by atoms with Crippen LogP contribution in [0.5, 0.6) is 0 Å². The average molecular weight is 271 g/mol. The van der Waals surface area contributed by atoms with E-state index in [0.29, 0.717) is 23.9 Å². The Balaban J connectivity index is 2.24. The summed E-state index contributed by atoms with van der Waals surface area (Å²) in [4.78, 5) is 0.310. The largest absolute Gasteiger partial charge is 0.269 e. The molecule has 0 spiro atoms. The van der Waals surface area contributed by atoms with Crippen LogP contribution < -0.4 is 0 Å². The predicted octanol–water partition coefficient (Wildman–Crippen LogP) is 1.88. The van der Waals surface area contributed by atoms with E-state index < -0.39 is 10.0 Å². The van der Waals surface area contributed by atoms with E-state index in [2.05, 4.69) is 12.0 Å². The SMILES string of the molecule is CC1CCCN(S(=O)(=O)c2cnn(C(C)C)c2)C1. The summed E-state index contributed by atoms with van der Waals surface area (Å²) in [5.41, 5.74) is 0. The minimum atomic E-state index is -3.36. The second-order valence-electron chi connectivity index (χ2n) is 5.36. The Morgan fingerprint density at radius 1 is 1.44 bits per heavy atom. The second-order valence-corrected chi connectivity index (χ2v) is 7.30. The molecular formula is C12H21N3O2S. The van der Waals surface area contributed by atoms with Crippen LogP contribution in [-0.2, 0) is 10.0 Å². The molecule has 0 bridgehead atoms. The van der Waals surface area contributed by atoms with Crippen LogP contribution in [0.15, 0.2) is 17.3 Å². The van der Waals surface area contributed by atoms with E-state index in [9.17, 15) is 8.42 Å². The van der Waals surface area contributed by atoms with Crippen molar-refractivity contribution in [1.82, 2.24) is 14.1 Å². The molecule has 1 fully saturated rings. The molecular weight excluding hydrogens is 250 g/mol. The highest BCUT2D eigenvalue weighted by Crippen LogP contribution is 2.23. The van der Waals surface area contributed by atoms with Crippen molar-refractivity contribution in [3.05, 3.63) is 12.4 Å².